The molecule has 5 nitrogen and oxygen atoms in total. The van der Waals surface area contributed by atoms with Gasteiger partial charge in [0.1, 0.15) is 0 Å². The van der Waals surface area contributed by atoms with E-state index in [4.69, 9.17) is 9.47 Å². The number of esters is 2. The Labute approximate surface area is 167 Å². The van der Waals surface area contributed by atoms with E-state index in [1.165, 1.54) is 12.1 Å². The highest BCUT2D eigenvalue weighted by atomic mass is 19.4. The summed E-state index contributed by atoms with van der Waals surface area (Å²) in [5, 5.41) is 0. The van der Waals surface area contributed by atoms with Crippen molar-refractivity contribution in [2.24, 2.45) is 0 Å². The number of hydrogen-bond donors (Lipinski definition) is 0. The van der Waals surface area contributed by atoms with Gasteiger partial charge in [-0.25, -0.2) is 9.59 Å². The van der Waals surface area contributed by atoms with Crippen LogP contribution < -0.4 is 0 Å². The highest BCUT2D eigenvalue weighted by molar-refractivity contribution is 5.99. The summed E-state index contributed by atoms with van der Waals surface area (Å²) in [6, 6.07) is 4.42. The zero-order valence-electron chi connectivity index (χ0n) is 17.0. The summed E-state index contributed by atoms with van der Waals surface area (Å²) in [5.41, 5.74) is 1.06. The molecule has 1 aromatic rings. The topological polar surface area (TPSA) is 55.8 Å². The number of carbonyl (C=O) groups excluding carboxylic acids is 2. The smallest absolute Gasteiger partial charge is 0.416 e. The lowest BCUT2D eigenvalue weighted by Gasteiger charge is -2.35. The van der Waals surface area contributed by atoms with Gasteiger partial charge in [-0.1, -0.05) is 12.1 Å². The number of allylic oxidation sites excluding steroid dienone is 2. The minimum atomic E-state index is -4.49. The van der Waals surface area contributed by atoms with Gasteiger partial charge in [-0.3, -0.25) is 0 Å². The molecule has 0 aromatic heterocycles. The van der Waals surface area contributed by atoms with Crippen molar-refractivity contribution in [1.82, 2.24) is 4.90 Å². The number of alkyl halides is 3. The summed E-state index contributed by atoms with van der Waals surface area (Å²) in [6.07, 6.45) is -4.49. The first-order valence-electron chi connectivity index (χ1n) is 9.21. The average molecular weight is 411 g/mol. The van der Waals surface area contributed by atoms with Crippen LogP contribution in [0.15, 0.2) is 46.8 Å². The molecule has 0 atom stereocenters. The van der Waals surface area contributed by atoms with Gasteiger partial charge in [0.25, 0.3) is 0 Å². The zero-order chi connectivity index (χ0) is 21.9. The van der Waals surface area contributed by atoms with Crippen molar-refractivity contribution in [3.63, 3.8) is 0 Å². The first-order chi connectivity index (χ1) is 13.5. The summed E-state index contributed by atoms with van der Waals surface area (Å²) in [6.45, 7) is 6.96. The van der Waals surface area contributed by atoms with E-state index in [2.05, 4.69) is 0 Å². The normalized spacial score (nSPS) is 15.7. The van der Waals surface area contributed by atoms with Crippen LogP contribution in [0.4, 0.5) is 13.2 Å². The monoisotopic (exact) mass is 411 g/mol. The fourth-order valence-corrected chi connectivity index (χ4v) is 3.32. The van der Waals surface area contributed by atoms with Gasteiger partial charge in [0.05, 0.1) is 35.8 Å². The van der Waals surface area contributed by atoms with Gasteiger partial charge in [0.15, 0.2) is 0 Å². The Morgan fingerprint density at radius 2 is 1.34 bits per heavy atom. The van der Waals surface area contributed by atoms with Crippen LogP contribution in [0.25, 0.3) is 0 Å². The molecule has 0 aliphatic carbocycles. The molecule has 0 N–H and O–H groups in total. The van der Waals surface area contributed by atoms with E-state index in [0.717, 1.165) is 12.1 Å². The van der Waals surface area contributed by atoms with Crippen LogP contribution in [0.3, 0.4) is 0 Å². The number of rotatable bonds is 5. The Morgan fingerprint density at radius 3 is 1.69 bits per heavy atom. The molecule has 0 saturated heterocycles. The molecule has 1 aliphatic heterocycles. The summed E-state index contributed by atoms with van der Waals surface area (Å²) in [4.78, 5) is 27.2. The molecule has 0 amide bonds. The van der Waals surface area contributed by atoms with Gasteiger partial charge >= 0.3 is 18.1 Å². The van der Waals surface area contributed by atoms with Crippen molar-refractivity contribution in [1.29, 1.82) is 0 Å². The Morgan fingerprint density at radius 1 is 0.931 bits per heavy atom. The summed E-state index contributed by atoms with van der Waals surface area (Å²) < 4.78 is 49.3. The second kappa shape index (κ2) is 8.71. The van der Waals surface area contributed by atoms with Crippen LogP contribution in [-0.4, -0.2) is 37.1 Å². The molecule has 29 heavy (non-hydrogen) atoms. The second-order valence-electron chi connectivity index (χ2n) is 6.55. The minimum absolute atomic E-state index is 0.122. The maximum Gasteiger partial charge on any atom is 0.416 e. The standard InChI is InChI=1S/C21H24F3NO4/c1-6-28-19(26)16-12(3)25(5)13(4)17(20(27)29-7-2)18(16)14-8-10-15(11-9-14)21(22,23)24/h8-11,18H,6-7H2,1-5H3. The van der Waals surface area contributed by atoms with Gasteiger partial charge < -0.3 is 14.4 Å². The lowest BCUT2D eigenvalue weighted by atomic mass is 9.79. The van der Waals surface area contributed by atoms with Crippen LogP contribution in [0.5, 0.6) is 0 Å². The molecular formula is C21H24F3NO4. The molecule has 1 aromatic carbocycles. The van der Waals surface area contributed by atoms with Crippen molar-refractivity contribution in [2.75, 3.05) is 20.3 Å². The number of halogens is 3. The SMILES string of the molecule is CCOC(=O)C1=C(C)N(C)C(C)=C(C(=O)OCC)C1c1ccc(C(F)(F)F)cc1. The van der Waals surface area contributed by atoms with Crippen LogP contribution in [-0.2, 0) is 25.2 Å². The maximum absolute atomic E-state index is 13.0. The van der Waals surface area contributed by atoms with E-state index in [0.29, 0.717) is 17.0 Å². The first-order valence-corrected chi connectivity index (χ1v) is 9.21. The lowest BCUT2D eigenvalue weighted by molar-refractivity contribution is -0.140. The lowest BCUT2D eigenvalue weighted by Crippen LogP contribution is -2.33. The number of hydrogen-bond acceptors (Lipinski definition) is 5. The van der Waals surface area contributed by atoms with E-state index < -0.39 is 29.6 Å². The number of nitrogens with zero attached hydrogens (tertiary/aromatic N) is 1. The highest BCUT2D eigenvalue weighted by Gasteiger charge is 2.40. The fourth-order valence-electron chi connectivity index (χ4n) is 3.32. The molecule has 2 rings (SSSR count). The maximum atomic E-state index is 13.0. The molecule has 0 unspecified atom stereocenters. The van der Waals surface area contributed by atoms with Crippen LogP contribution in [0.1, 0.15) is 44.7 Å². The summed E-state index contributed by atoms with van der Waals surface area (Å²) in [5.74, 6) is -2.15. The van der Waals surface area contributed by atoms with Gasteiger partial charge in [-0.05, 0) is 45.4 Å². The first kappa shape index (κ1) is 22.5. The van der Waals surface area contributed by atoms with E-state index in [-0.39, 0.29) is 24.4 Å². The summed E-state index contributed by atoms with van der Waals surface area (Å²) >= 11 is 0. The largest absolute Gasteiger partial charge is 0.463 e. The molecule has 0 bridgehead atoms. The van der Waals surface area contributed by atoms with E-state index in [1.807, 2.05) is 0 Å². The Bertz CT molecular complexity index is 812. The summed E-state index contributed by atoms with van der Waals surface area (Å²) in [7, 11) is 1.70. The number of ether oxygens (including phenoxy) is 2. The Kier molecular flexibility index (Phi) is 6.77. The van der Waals surface area contributed by atoms with Crippen molar-refractivity contribution in [3.05, 3.63) is 57.9 Å². The third-order valence-corrected chi connectivity index (χ3v) is 4.93. The third-order valence-electron chi connectivity index (χ3n) is 4.93. The molecule has 0 fully saturated rings. The van der Waals surface area contributed by atoms with E-state index in [9.17, 15) is 22.8 Å². The number of benzene rings is 1. The quantitative estimate of drug-likeness (QED) is 0.672. The highest BCUT2D eigenvalue weighted by Crippen LogP contribution is 2.43. The van der Waals surface area contributed by atoms with Crippen LogP contribution in [0.2, 0.25) is 0 Å². The minimum Gasteiger partial charge on any atom is -0.463 e. The molecule has 0 spiro atoms. The molecule has 8 heteroatoms. The third kappa shape index (κ3) is 4.46. The predicted molar refractivity (Wildman–Crippen MR) is 101 cm³/mol. The molecule has 158 valence electrons. The molecule has 1 aliphatic rings. The van der Waals surface area contributed by atoms with Gasteiger partial charge in [0, 0.05) is 18.4 Å². The Hall–Kier alpha value is -2.77. The zero-order valence-corrected chi connectivity index (χ0v) is 17.0. The fraction of sp³-hybridized carbons (Fsp3) is 0.429. The molecule has 0 radical (unpaired) electrons. The van der Waals surface area contributed by atoms with Gasteiger partial charge in [0.2, 0.25) is 0 Å². The van der Waals surface area contributed by atoms with Gasteiger partial charge in [-0.15, -0.1) is 0 Å². The average Bonchev–Trinajstić information content (AvgIpc) is 2.65. The van der Waals surface area contributed by atoms with Crippen LogP contribution >= 0.6 is 0 Å². The second-order valence-corrected chi connectivity index (χ2v) is 6.55. The van der Waals surface area contributed by atoms with Crippen molar-refractivity contribution in [2.45, 2.75) is 39.8 Å². The predicted octanol–water partition coefficient (Wildman–Crippen LogP) is 4.41. The van der Waals surface area contributed by atoms with E-state index >= 15 is 0 Å². The van der Waals surface area contributed by atoms with Crippen molar-refractivity contribution in [3.8, 4) is 0 Å². The van der Waals surface area contributed by atoms with Gasteiger partial charge in [-0.2, -0.15) is 13.2 Å². The molecule has 1 heterocycles. The molecule has 0 saturated carbocycles. The Balaban J connectivity index is 2.69. The van der Waals surface area contributed by atoms with Crippen LogP contribution in [0, 0.1) is 0 Å². The van der Waals surface area contributed by atoms with E-state index in [1.54, 1.807) is 39.6 Å². The van der Waals surface area contributed by atoms with Crippen molar-refractivity contribution >= 4 is 11.9 Å². The molecular weight excluding hydrogens is 387 g/mol. The number of carbonyl (C=O) groups is 2. The van der Waals surface area contributed by atoms with Crippen molar-refractivity contribution < 1.29 is 32.2 Å².